The van der Waals surface area contributed by atoms with E-state index in [-0.39, 0.29) is 0 Å². The Balaban J connectivity index is 2.31. The van der Waals surface area contributed by atoms with Gasteiger partial charge in [0.05, 0.1) is 5.69 Å². The van der Waals surface area contributed by atoms with Gasteiger partial charge in [0.15, 0.2) is 0 Å². The molecule has 1 aromatic rings. The lowest BCUT2D eigenvalue weighted by molar-refractivity contribution is 0.316. The van der Waals surface area contributed by atoms with Crippen LogP contribution in [0.5, 0.6) is 5.19 Å². The van der Waals surface area contributed by atoms with Gasteiger partial charge in [0, 0.05) is 11.9 Å². The summed E-state index contributed by atoms with van der Waals surface area (Å²) in [5.74, 6) is 0. The van der Waals surface area contributed by atoms with Crippen molar-refractivity contribution in [3.8, 4) is 5.19 Å². The van der Waals surface area contributed by atoms with Gasteiger partial charge >= 0.3 is 0 Å². The van der Waals surface area contributed by atoms with E-state index in [9.17, 15) is 0 Å². The molecule has 0 bridgehead atoms. The molecule has 3 nitrogen and oxygen atoms in total. The molecule has 0 unspecified atom stereocenters. The predicted octanol–water partition coefficient (Wildman–Crippen LogP) is 1.30. The highest BCUT2D eigenvalue weighted by Crippen LogP contribution is 2.17. The zero-order valence-electron chi connectivity index (χ0n) is 7.46. The maximum absolute atomic E-state index is 5.37. The van der Waals surface area contributed by atoms with Gasteiger partial charge in [-0.25, -0.2) is 4.98 Å². The molecule has 0 saturated heterocycles. The number of thiazole rings is 1. The number of likely N-dealkylation sites (N-methyl/N-ethyl adjacent to an activating group) is 1. The number of hydrogen-bond acceptors (Lipinski definition) is 4. The van der Waals surface area contributed by atoms with Crippen LogP contribution in [0.15, 0.2) is 5.38 Å². The molecule has 0 spiro atoms. The van der Waals surface area contributed by atoms with Gasteiger partial charge in [0.25, 0.3) is 5.19 Å². The van der Waals surface area contributed by atoms with Crippen LogP contribution in [0.4, 0.5) is 0 Å². The van der Waals surface area contributed by atoms with Gasteiger partial charge in [-0.3, -0.25) is 0 Å². The van der Waals surface area contributed by atoms with Crippen LogP contribution in [0.1, 0.15) is 12.6 Å². The smallest absolute Gasteiger partial charge is 0.273 e. The molecule has 0 amide bonds. The first-order valence-electron chi connectivity index (χ1n) is 4.08. The third kappa shape index (κ3) is 2.79. The third-order valence-electron chi connectivity index (χ3n) is 1.47. The maximum Gasteiger partial charge on any atom is 0.273 e. The Kier molecular flexibility index (Phi) is 4.04. The molecule has 1 heterocycles. The van der Waals surface area contributed by atoms with Crippen molar-refractivity contribution >= 4 is 11.3 Å². The van der Waals surface area contributed by atoms with Gasteiger partial charge in [0.2, 0.25) is 0 Å². The molecule has 68 valence electrons. The first-order valence-corrected chi connectivity index (χ1v) is 4.96. The third-order valence-corrected chi connectivity index (χ3v) is 2.27. The molecule has 0 aliphatic carbocycles. The second-order valence-corrected chi connectivity index (χ2v) is 3.23. The van der Waals surface area contributed by atoms with E-state index in [1.807, 2.05) is 12.4 Å². The minimum absolute atomic E-state index is 0.688. The predicted molar refractivity (Wildman–Crippen MR) is 50.9 cm³/mol. The zero-order valence-corrected chi connectivity index (χ0v) is 8.28. The van der Waals surface area contributed by atoms with Gasteiger partial charge in [-0.05, 0) is 13.5 Å². The first-order chi connectivity index (χ1) is 5.86. The number of ether oxygens (including phenoxy) is 1. The number of nitrogens with one attached hydrogen (secondary N) is 1. The number of rotatable bonds is 5. The molecule has 1 N–H and O–H groups in total. The second-order valence-electron chi connectivity index (χ2n) is 2.41. The Hall–Kier alpha value is -0.610. The van der Waals surface area contributed by atoms with Crippen LogP contribution in [-0.2, 0) is 6.42 Å². The summed E-state index contributed by atoms with van der Waals surface area (Å²) in [7, 11) is 1.91. The standard InChI is InChI=1S/C8H14N2OS/c1-3-7-6-12-8(10-7)11-5-4-9-2/h6,9H,3-5H2,1-2H3. The van der Waals surface area contributed by atoms with E-state index in [1.165, 1.54) is 0 Å². The van der Waals surface area contributed by atoms with Crippen molar-refractivity contribution in [1.29, 1.82) is 0 Å². The normalized spacial score (nSPS) is 10.2. The lowest BCUT2D eigenvalue weighted by Crippen LogP contribution is -2.15. The lowest BCUT2D eigenvalue weighted by Gasteiger charge is -1.99. The summed E-state index contributed by atoms with van der Waals surface area (Å²) < 4.78 is 5.37. The molecule has 0 aliphatic rings. The molecule has 0 saturated carbocycles. The van der Waals surface area contributed by atoms with Gasteiger partial charge < -0.3 is 10.1 Å². The Morgan fingerprint density at radius 3 is 3.08 bits per heavy atom. The summed E-state index contributed by atoms with van der Waals surface area (Å²) in [5, 5.41) is 5.83. The zero-order chi connectivity index (χ0) is 8.81. The van der Waals surface area contributed by atoms with E-state index in [1.54, 1.807) is 11.3 Å². The number of aromatic nitrogens is 1. The van der Waals surface area contributed by atoms with E-state index >= 15 is 0 Å². The monoisotopic (exact) mass is 186 g/mol. The van der Waals surface area contributed by atoms with Crippen LogP contribution < -0.4 is 10.1 Å². The van der Waals surface area contributed by atoms with Crippen molar-refractivity contribution in [2.75, 3.05) is 20.2 Å². The van der Waals surface area contributed by atoms with Crippen LogP contribution in [0, 0.1) is 0 Å². The average Bonchev–Trinajstić information content (AvgIpc) is 2.53. The molecule has 0 aliphatic heterocycles. The lowest BCUT2D eigenvalue weighted by atomic mass is 10.4. The summed E-state index contributed by atoms with van der Waals surface area (Å²) in [6.07, 6.45) is 0.978. The Labute approximate surface area is 76.8 Å². The Morgan fingerprint density at radius 1 is 1.67 bits per heavy atom. The van der Waals surface area contributed by atoms with E-state index in [2.05, 4.69) is 17.2 Å². The van der Waals surface area contributed by atoms with Crippen molar-refractivity contribution in [2.24, 2.45) is 0 Å². The average molecular weight is 186 g/mol. The minimum Gasteiger partial charge on any atom is -0.469 e. The van der Waals surface area contributed by atoms with E-state index in [0.29, 0.717) is 6.61 Å². The highest BCUT2D eigenvalue weighted by Gasteiger charge is 1.99. The molecular formula is C8H14N2OS. The van der Waals surface area contributed by atoms with Gasteiger partial charge in [-0.1, -0.05) is 18.3 Å². The fourth-order valence-electron chi connectivity index (χ4n) is 0.757. The van der Waals surface area contributed by atoms with Gasteiger partial charge in [-0.15, -0.1) is 0 Å². The van der Waals surface area contributed by atoms with E-state index in [0.717, 1.165) is 23.9 Å². The van der Waals surface area contributed by atoms with Crippen molar-refractivity contribution in [3.63, 3.8) is 0 Å². The first kappa shape index (κ1) is 9.48. The van der Waals surface area contributed by atoms with Crippen molar-refractivity contribution in [1.82, 2.24) is 10.3 Å². The Bertz CT molecular complexity index is 225. The summed E-state index contributed by atoms with van der Waals surface area (Å²) >= 11 is 1.56. The highest BCUT2D eigenvalue weighted by atomic mass is 32.1. The summed E-state index contributed by atoms with van der Waals surface area (Å²) in [5.41, 5.74) is 1.11. The number of aryl methyl sites for hydroxylation is 1. The largest absolute Gasteiger partial charge is 0.469 e. The number of nitrogens with zero attached hydrogens (tertiary/aromatic N) is 1. The van der Waals surface area contributed by atoms with Crippen LogP contribution >= 0.6 is 11.3 Å². The van der Waals surface area contributed by atoms with Crippen molar-refractivity contribution in [2.45, 2.75) is 13.3 Å². The molecule has 0 atom stereocenters. The van der Waals surface area contributed by atoms with Crippen molar-refractivity contribution < 1.29 is 4.74 Å². The molecule has 1 rings (SSSR count). The number of hydrogen-bond donors (Lipinski definition) is 1. The van der Waals surface area contributed by atoms with Crippen LogP contribution in [0.3, 0.4) is 0 Å². The molecule has 12 heavy (non-hydrogen) atoms. The molecule has 0 fully saturated rings. The van der Waals surface area contributed by atoms with Crippen molar-refractivity contribution in [3.05, 3.63) is 11.1 Å². The quantitative estimate of drug-likeness (QED) is 0.704. The molecule has 1 aromatic heterocycles. The fourth-order valence-corrected chi connectivity index (χ4v) is 1.54. The maximum atomic E-state index is 5.37. The van der Waals surface area contributed by atoms with E-state index < -0.39 is 0 Å². The van der Waals surface area contributed by atoms with Crippen LogP contribution in [-0.4, -0.2) is 25.2 Å². The summed E-state index contributed by atoms with van der Waals surface area (Å²) in [6.45, 7) is 3.64. The Morgan fingerprint density at radius 2 is 2.50 bits per heavy atom. The fraction of sp³-hybridized carbons (Fsp3) is 0.625. The second kappa shape index (κ2) is 5.11. The SMILES string of the molecule is CCc1csc(OCCNC)n1. The van der Waals surface area contributed by atoms with E-state index in [4.69, 9.17) is 4.74 Å². The summed E-state index contributed by atoms with van der Waals surface area (Å²) in [4.78, 5) is 4.27. The highest BCUT2D eigenvalue weighted by molar-refractivity contribution is 7.11. The van der Waals surface area contributed by atoms with Crippen LogP contribution in [0.2, 0.25) is 0 Å². The van der Waals surface area contributed by atoms with Gasteiger partial charge in [0.1, 0.15) is 6.61 Å². The minimum atomic E-state index is 0.688. The molecule has 0 aromatic carbocycles. The molecule has 0 radical (unpaired) electrons. The topological polar surface area (TPSA) is 34.1 Å². The van der Waals surface area contributed by atoms with Gasteiger partial charge in [-0.2, -0.15) is 0 Å². The summed E-state index contributed by atoms with van der Waals surface area (Å²) in [6, 6.07) is 0. The molecule has 4 heteroatoms. The molecular weight excluding hydrogens is 172 g/mol. The van der Waals surface area contributed by atoms with Crippen LogP contribution in [0.25, 0.3) is 0 Å².